The molecule has 0 fully saturated rings. The number of benzene rings is 4. The van der Waals surface area contributed by atoms with E-state index in [4.69, 9.17) is 18.9 Å². The Balaban J connectivity index is 0.000000427. The molecule has 0 bridgehead atoms. The van der Waals surface area contributed by atoms with E-state index in [1.165, 1.54) is 6.07 Å². The summed E-state index contributed by atoms with van der Waals surface area (Å²) in [6, 6.07) is 40.2. The van der Waals surface area contributed by atoms with Crippen LogP contribution in [0.2, 0.25) is 0 Å². The minimum absolute atomic E-state index is 0.131. The molecule has 56 heavy (non-hydrogen) atoms. The second-order valence-electron chi connectivity index (χ2n) is 13.5. The zero-order valence-electron chi connectivity index (χ0n) is 31.9. The number of hydrogen-bond acceptors (Lipinski definition) is 10. The fourth-order valence-electron chi connectivity index (χ4n) is 5.34. The smallest absolute Gasteiger partial charge is 0.344 e. The van der Waals surface area contributed by atoms with Crippen LogP contribution >= 0.6 is 0 Å². The molecular formula is C44H44N2O8S2. The predicted octanol–water partition coefficient (Wildman–Crippen LogP) is 8.66. The van der Waals surface area contributed by atoms with Gasteiger partial charge in [-0.25, -0.2) is 13.2 Å². The summed E-state index contributed by atoms with van der Waals surface area (Å²) in [5, 5.41) is 0. The van der Waals surface area contributed by atoms with Gasteiger partial charge in [-0.1, -0.05) is 42.0 Å². The van der Waals surface area contributed by atoms with Crippen molar-refractivity contribution in [2.24, 2.45) is 0 Å². The molecule has 10 nitrogen and oxygen atoms in total. The Morgan fingerprint density at radius 1 is 0.643 bits per heavy atom. The van der Waals surface area contributed by atoms with Crippen LogP contribution in [-0.2, 0) is 43.8 Å². The Hall–Kier alpha value is -5.69. The Labute approximate surface area is 331 Å². The molecule has 0 amide bonds. The summed E-state index contributed by atoms with van der Waals surface area (Å²) < 4.78 is 55.2. The number of rotatable bonds is 13. The third-order valence-corrected chi connectivity index (χ3v) is 10.9. The maximum atomic E-state index is 12.2. The standard InChI is InChI=1S/C36H35N2O5S.C8H10O3S/c1-36(2,3)43-35(39)26-42-29-16-18-32(19-17-29)44(33-14-8-12-30(22-33)40-24-27-10-4-6-20-37-27)34-15-9-13-31(23-34)41-25-28-11-5-7-21-38-28;1-6-3-4-8(7(2)5-6)12(9,10)11/h4-23H,24-26H2,1-3H3;3-5H,1-2H3,(H,9,10,11)/q+1;/p-1. The normalized spacial score (nSPS) is 11.3. The number of nitrogens with zero attached hydrogens (tertiary/aromatic N) is 2. The first-order chi connectivity index (χ1) is 26.7. The number of hydrogen-bond donors (Lipinski definition) is 0. The molecule has 0 radical (unpaired) electrons. The number of aryl methyl sites for hydroxylation is 2. The van der Waals surface area contributed by atoms with Crippen LogP contribution in [-0.4, -0.2) is 41.1 Å². The molecule has 2 aromatic heterocycles. The van der Waals surface area contributed by atoms with Crippen molar-refractivity contribution in [2.45, 2.75) is 73.0 Å². The SMILES string of the molecule is CC(C)(C)OC(=O)COc1ccc([S+](c2cccc(OCc3ccccn3)c2)c2cccc(OCc3ccccn3)c2)cc1.Cc1ccc(S(=O)(=O)[O-])c(C)c1. The van der Waals surface area contributed by atoms with E-state index in [0.717, 1.165) is 43.1 Å². The largest absolute Gasteiger partial charge is 0.744 e. The number of aromatic nitrogens is 2. The van der Waals surface area contributed by atoms with Gasteiger partial charge in [0.05, 0.1) is 27.2 Å². The zero-order valence-corrected chi connectivity index (χ0v) is 33.5. The van der Waals surface area contributed by atoms with Gasteiger partial charge in [-0.2, -0.15) is 0 Å². The predicted molar refractivity (Wildman–Crippen MR) is 214 cm³/mol. The third-order valence-electron chi connectivity index (χ3n) is 7.74. The van der Waals surface area contributed by atoms with Gasteiger partial charge in [0.15, 0.2) is 21.3 Å². The van der Waals surface area contributed by atoms with Gasteiger partial charge in [0.25, 0.3) is 0 Å². The first-order valence-electron chi connectivity index (χ1n) is 17.7. The van der Waals surface area contributed by atoms with Gasteiger partial charge in [0.1, 0.15) is 46.2 Å². The maximum Gasteiger partial charge on any atom is 0.344 e. The molecule has 0 unspecified atom stereocenters. The van der Waals surface area contributed by atoms with Crippen molar-refractivity contribution in [2.75, 3.05) is 6.61 Å². The molecule has 0 aliphatic heterocycles. The molecule has 0 N–H and O–H groups in total. The van der Waals surface area contributed by atoms with Crippen molar-refractivity contribution in [3.63, 3.8) is 0 Å². The lowest BCUT2D eigenvalue weighted by Crippen LogP contribution is -2.27. The highest BCUT2D eigenvalue weighted by Gasteiger charge is 2.30. The Kier molecular flexibility index (Phi) is 14.3. The van der Waals surface area contributed by atoms with Gasteiger partial charge in [0.2, 0.25) is 0 Å². The average molecular weight is 793 g/mol. The first-order valence-corrected chi connectivity index (χ1v) is 20.3. The number of esters is 1. The summed E-state index contributed by atoms with van der Waals surface area (Å²) in [6.07, 6.45) is 3.52. The highest BCUT2D eigenvalue weighted by molar-refractivity contribution is 7.97. The van der Waals surface area contributed by atoms with Crippen LogP contribution in [0.1, 0.15) is 43.3 Å². The van der Waals surface area contributed by atoms with E-state index < -0.39 is 32.6 Å². The third kappa shape index (κ3) is 13.0. The number of pyridine rings is 2. The molecule has 290 valence electrons. The summed E-state index contributed by atoms with van der Waals surface area (Å²) in [6.45, 7) is 9.53. The quantitative estimate of drug-likeness (QED) is 0.0635. The second kappa shape index (κ2) is 19.3. The van der Waals surface area contributed by atoms with Crippen molar-refractivity contribution in [3.8, 4) is 17.2 Å². The molecule has 6 aromatic rings. The fraction of sp³-hybridized carbons (Fsp3) is 0.205. The Bertz CT molecular complexity index is 2210. The van der Waals surface area contributed by atoms with E-state index >= 15 is 0 Å². The number of carbonyl (C=O) groups excluding carboxylic acids is 1. The van der Waals surface area contributed by atoms with Gasteiger partial charge in [-0.3, -0.25) is 9.97 Å². The molecule has 0 aliphatic carbocycles. The van der Waals surface area contributed by atoms with Gasteiger partial charge < -0.3 is 23.5 Å². The second-order valence-corrected chi connectivity index (χ2v) is 16.9. The minimum Gasteiger partial charge on any atom is -0.744 e. The zero-order chi connectivity index (χ0) is 40.1. The molecule has 0 aliphatic rings. The lowest BCUT2D eigenvalue weighted by atomic mass is 10.2. The van der Waals surface area contributed by atoms with Gasteiger partial charge in [-0.15, -0.1) is 0 Å². The van der Waals surface area contributed by atoms with Crippen LogP contribution < -0.4 is 14.2 Å². The molecule has 6 rings (SSSR count). The molecule has 2 heterocycles. The summed E-state index contributed by atoms with van der Waals surface area (Å²) in [5.41, 5.74) is 2.60. The van der Waals surface area contributed by atoms with Crippen molar-refractivity contribution in [1.29, 1.82) is 0 Å². The fourth-order valence-corrected chi connectivity index (χ4v) is 8.15. The van der Waals surface area contributed by atoms with E-state index in [0.29, 0.717) is 24.5 Å². The summed E-state index contributed by atoms with van der Waals surface area (Å²) in [5.74, 6) is 1.69. The number of ether oxygens (including phenoxy) is 4. The van der Waals surface area contributed by atoms with Crippen LogP contribution in [0.25, 0.3) is 0 Å². The molecule has 0 saturated carbocycles. The van der Waals surface area contributed by atoms with Crippen LogP contribution in [0.5, 0.6) is 17.2 Å². The molecular weight excluding hydrogens is 749 g/mol. The lowest BCUT2D eigenvalue weighted by Gasteiger charge is -2.19. The van der Waals surface area contributed by atoms with Crippen LogP contribution in [0.3, 0.4) is 0 Å². The molecule has 4 aromatic carbocycles. The van der Waals surface area contributed by atoms with E-state index in [2.05, 4.69) is 34.2 Å². The monoisotopic (exact) mass is 792 g/mol. The molecule has 0 atom stereocenters. The summed E-state index contributed by atoms with van der Waals surface area (Å²) >= 11 is 0. The van der Waals surface area contributed by atoms with Gasteiger partial charge in [0, 0.05) is 24.5 Å². The molecule has 0 spiro atoms. The van der Waals surface area contributed by atoms with E-state index in [9.17, 15) is 17.8 Å². The summed E-state index contributed by atoms with van der Waals surface area (Å²) in [7, 11) is -4.80. The topological polar surface area (TPSA) is 137 Å². The first kappa shape index (κ1) is 41.5. The van der Waals surface area contributed by atoms with Crippen molar-refractivity contribution < 1.29 is 36.7 Å². The number of carbonyl (C=O) groups is 1. The molecule has 0 saturated heterocycles. The Morgan fingerprint density at radius 3 is 1.66 bits per heavy atom. The van der Waals surface area contributed by atoms with Crippen LogP contribution in [0.4, 0.5) is 0 Å². The average Bonchev–Trinajstić information content (AvgIpc) is 3.16. The van der Waals surface area contributed by atoms with Crippen molar-refractivity contribution in [1.82, 2.24) is 9.97 Å². The van der Waals surface area contributed by atoms with Crippen molar-refractivity contribution in [3.05, 3.63) is 162 Å². The van der Waals surface area contributed by atoms with E-state index in [1.54, 1.807) is 31.5 Å². The highest BCUT2D eigenvalue weighted by atomic mass is 32.2. The maximum absolute atomic E-state index is 12.2. The van der Waals surface area contributed by atoms with Gasteiger partial charge in [-0.05, 0) is 119 Å². The summed E-state index contributed by atoms with van der Waals surface area (Å²) in [4.78, 5) is 24.0. The van der Waals surface area contributed by atoms with E-state index in [-0.39, 0.29) is 11.5 Å². The van der Waals surface area contributed by atoms with E-state index in [1.807, 2.05) is 113 Å². The van der Waals surface area contributed by atoms with Gasteiger partial charge >= 0.3 is 5.97 Å². The lowest BCUT2D eigenvalue weighted by molar-refractivity contribution is -0.157. The highest BCUT2D eigenvalue weighted by Crippen LogP contribution is 2.35. The van der Waals surface area contributed by atoms with Crippen LogP contribution in [0.15, 0.2) is 159 Å². The minimum atomic E-state index is -4.30. The Morgan fingerprint density at radius 2 is 1.20 bits per heavy atom. The van der Waals surface area contributed by atoms with Crippen molar-refractivity contribution >= 4 is 27.0 Å². The molecule has 12 heteroatoms. The van der Waals surface area contributed by atoms with Crippen LogP contribution in [0, 0.1) is 13.8 Å².